The summed E-state index contributed by atoms with van der Waals surface area (Å²) >= 11 is 0. The van der Waals surface area contributed by atoms with Gasteiger partial charge in [0.1, 0.15) is 17.9 Å². The van der Waals surface area contributed by atoms with Crippen LogP contribution in [0.3, 0.4) is 0 Å². The smallest absolute Gasteiger partial charge is 0.191 e. The number of anilines is 1. The van der Waals surface area contributed by atoms with Gasteiger partial charge in [-0.3, -0.25) is 4.90 Å². The first-order valence-corrected chi connectivity index (χ1v) is 8.56. The first kappa shape index (κ1) is 16.9. The van der Waals surface area contributed by atoms with Crippen LogP contribution in [-0.4, -0.2) is 46.0 Å². The summed E-state index contributed by atoms with van der Waals surface area (Å²) in [4.78, 5) is 18.4. The molecule has 0 radical (unpaired) electrons. The highest BCUT2D eigenvalue weighted by Gasteiger charge is 2.22. The predicted molar refractivity (Wildman–Crippen MR) is 94.2 cm³/mol. The molecule has 0 N–H and O–H groups in total. The normalized spacial score (nSPS) is 16.6. The van der Waals surface area contributed by atoms with Crippen LogP contribution in [0.5, 0.6) is 0 Å². The molecule has 1 aliphatic heterocycles. The van der Waals surface area contributed by atoms with Gasteiger partial charge in [-0.05, 0) is 6.92 Å². The molecule has 2 aromatic rings. The molecule has 3 rings (SSSR count). The van der Waals surface area contributed by atoms with Crippen molar-refractivity contribution >= 4 is 5.82 Å². The fraction of sp³-hybridized carbons (Fsp3) is 0.611. The fourth-order valence-electron chi connectivity index (χ4n) is 2.94. The third kappa shape index (κ3) is 3.93. The van der Waals surface area contributed by atoms with E-state index in [9.17, 15) is 0 Å². The van der Waals surface area contributed by atoms with Gasteiger partial charge < -0.3 is 9.32 Å². The molecule has 1 fully saturated rings. The van der Waals surface area contributed by atoms with Crippen LogP contribution in [-0.2, 0) is 12.0 Å². The average Bonchev–Trinajstić information content (AvgIpc) is 2.91. The highest BCUT2D eigenvalue weighted by Crippen LogP contribution is 2.24. The Kier molecular flexibility index (Phi) is 4.58. The molecule has 1 saturated heterocycles. The van der Waals surface area contributed by atoms with Crippen LogP contribution in [0.4, 0.5) is 5.82 Å². The lowest BCUT2D eigenvalue weighted by Crippen LogP contribution is -2.46. The molecule has 0 bridgehead atoms. The van der Waals surface area contributed by atoms with Crippen LogP contribution in [0.2, 0.25) is 0 Å². The van der Waals surface area contributed by atoms with Gasteiger partial charge in [0.25, 0.3) is 0 Å². The lowest BCUT2D eigenvalue weighted by molar-refractivity contribution is 0.246. The van der Waals surface area contributed by atoms with Crippen molar-refractivity contribution in [3.8, 4) is 0 Å². The summed E-state index contributed by atoms with van der Waals surface area (Å²) in [6.45, 7) is 15.2. The van der Waals surface area contributed by atoms with Gasteiger partial charge in [0.05, 0.1) is 11.4 Å². The first-order chi connectivity index (χ1) is 11.3. The van der Waals surface area contributed by atoms with E-state index in [-0.39, 0.29) is 5.41 Å². The van der Waals surface area contributed by atoms with Crippen LogP contribution < -0.4 is 4.90 Å². The average molecular weight is 329 g/mol. The number of rotatable bonds is 3. The van der Waals surface area contributed by atoms with Gasteiger partial charge in [0.2, 0.25) is 0 Å². The van der Waals surface area contributed by atoms with E-state index in [0.717, 1.165) is 61.6 Å². The van der Waals surface area contributed by atoms with Crippen molar-refractivity contribution in [1.29, 1.82) is 0 Å². The van der Waals surface area contributed by atoms with Crippen molar-refractivity contribution in [3.63, 3.8) is 0 Å². The minimum Gasteiger partial charge on any atom is -0.449 e. The van der Waals surface area contributed by atoms with E-state index in [4.69, 9.17) is 4.42 Å². The Bertz CT molecular complexity index is 696. The Balaban J connectivity index is 1.65. The maximum Gasteiger partial charge on any atom is 0.191 e. The molecule has 130 valence electrons. The summed E-state index contributed by atoms with van der Waals surface area (Å²) in [5, 5.41) is 0. The third-order valence-corrected chi connectivity index (χ3v) is 4.34. The molecular formula is C18H27N5O. The molecule has 0 amide bonds. The quantitative estimate of drug-likeness (QED) is 0.863. The molecular weight excluding hydrogens is 302 g/mol. The van der Waals surface area contributed by atoms with Gasteiger partial charge in [-0.2, -0.15) is 0 Å². The van der Waals surface area contributed by atoms with Gasteiger partial charge >= 0.3 is 0 Å². The minimum absolute atomic E-state index is 0.0368. The SMILES string of the molecule is Cc1nc(N2CCN(Cc3coc(C)n3)CC2)cc(C(C)(C)C)n1. The van der Waals surface area contributed by atoms with E-state index in [1.807, 2.05) is 13.8 Å². The van der Waals surface area contributed by atoms with E-state index < -0.39 is 0 Å². The maximum atomic E-state index is 5.29. The molecule has 6 nitrogen and oxygen atoms in total. The van der Waals surface area contributed by atoms with Crippen LogP contribution in [0.1, 0.15) is 43.9 Å². The van der Waals surface area contributed by atoms with Crippen LogP contribution in [0.15, 0.2) is 16.7 Å². The second-order valence-corrected chi connectivity index (χ2v) is 7.53. The molecule has 0 aromatic carbocycles. The molecule has 0 aliphatic carbocycles. The zero-order valence-electron chi connectivity index (χ0n) is 15.3. The monoisotopic (exact) mass is 329 g/mol. The van der Waals surface area contributed by atoms with Crippen molar-refractivity contribution in [2.75, 3.05) is 31.1 Å². The molecule has 0 atom stereocenters. The van der Waals surface area contributed by atoms with Crippen LogP contribution in [0, 0.1) is 13.8 Å². The lowest BCUT2D eigenvalue weighted by atomic mass is 9.92. The van der Waals surface area contributed by atoms with Crippen LogP contribution >= 0.6 is 0 Å². The highest BCUT2D eigenvalue weighted by molar-refractivity contribution is 5.42. The van der Waals surface area contributed by atoms with E-state index in [1.54, 1.807) is 6.26 Å². The highest BCUT2D eigenvalue weighted by atomic mass is 16.3. The Hall–Kier alpha value is -1.95. The molecule has 0 spiro atoms. The summed E-state index contributed by atoms with van der Waals surface area (Å²) in [5.41, 5.74) is 2.15. The summed E-state index contributed by atoms with van der Waals surface area (Å²) in [5.74, 6) is 2.62. The molecule has 2 aromatic heterocycles. The molecule has 1 aliphatic rings. The maximum absolute atomic E-state index is 5.29. The molecule has 0 unspecified atom stereocenters. The Morgan fingerprint density at radius 3 is 2.33 bits per heavy atom. The van der Waals surface area contributed by atoms with Crippen molar-refractivity contribution < 1.29 is 4.42 Å². The second-order valence-electron chi connectivity index (χ2n) is 7.53. The van der Waals surface area contributed by atoms with E-state index in [0.29, 0.717) is 0 Å². The number of aromatic nitrogens is 3. The molecule has 0 saturated carbocycles. The Morgan fingerprint density at radius 2 is 1.75 bits per heavy atom. The number of oxazole rings is 1. The topological polar surface area (TPSA) is 58.3 Å². The van der Waals surface area contributed by atoms with E-state index in [2.05, 4.69) is 51.6 Å². The van der Waals surface area contributed by atoms with Gasteiger partial charge in [-0.15, -0.1) is 0 Å². The van der Waals surface area contributed by atoms with Crippen molar-refractivity contribution in [3.05, 3.63) is 35.4 Å². The third-order valence-electron chi connectivity index (χ3n) is 4.34. The summed E-state index contributed by atoms with van der Waals surface area (Å²) < 4.78 is 5.29. The van der Waals surface area contributed by atoms with Gasteiger partial charge in [-0.1, -0.05) is 20.8 Å². The van der Waals surface area contributed by atoms with Crippen LogP contribution in [0.25, 0.3) is 0 Å². The Labute approximate surface area is 143 Å². The summed E-state index contributed by atoms with van der Waals surface area (Å²) in [6.07, 6.45) is 1.76. The van der Waals surface area contributed by atoms with Gasteiger partial charge in [0, 0.05) is 51.1 Å². The van der Waals surface area contributed by atoms with E-state index in [1.165, 1.54) is 0 Å². The predicted octanol–water partition coefficient (Wildman–Crippen LogP) is 2.70. The Morgan fingerprint density at radius 1 is 1.04 bits per heavy atom. The van der Waals surface area contributed by atoms with E-state index >= 15 is 0 Å². The second kappa shape index (κ2) is 6.51. The number of hydrogen-bond donors (Lipinski definition) is 0. The summed E-state index contributed by atoms with van der Waals surface area (Å²) in [7, 11) is 0. The fourth-order valence-corrected chi connectivity index (χ4v) is 2.94. The lowest BCUT2D eigenvalue weighted by Gasteiger charge is -2.35. The van der Waals surface area contributed by atoms with Gasteiger partial charge in [-0.25, -0.2) is 15.0 Å². The number of piperazine rings is 1. The summed E-state index contributed by atoms with van der Waals surface area (Å²) in [6, 6.07) is 2.14. The number of hydrogen-bond acceptors (Lipinski definition) is 6. The first-order valence-electron chi connectivity index (χ1n) is 8.56. The largest absolute Gasteiger partial charge is 0.449 e. The zero-order chi connectivity index (χ0) is 17.3. The van der Waals surface area contributed by atoms with Gasteiger partial charge in [0.15, 0.2) is 5.89 Å². The molecule has 6 heteroatoms. The standard InChI is InChI=1S/C18H27N5O/c1-13-19-16(18(3,4)5)10-17(20-13)23-8-6-22(7-9-23)11-15-12-24-14(2)21-15/h10,12H,6-9,11H2,1-5H3. The van der Waals surface area contributed by atoms with Crippen molar-refractivity contribution in [2.45, 2.75) is 46.6 Å². The minimum atomic E-state index is 0.0368. The molecule has 3 heterocycles. The number of nitrogens with zero attached hydrogens (tertiary/aromatic N) is 5. The zero-order valence-corrected chi connectivity index (χ0v) is 15.3. The number of aryl methyl sites for hydroxylation is 2. The van der Waals surface area contributed by atoms with Crippen molar-refractivity contribution in [2.24, 2.45) is 0 Å². The molecule has 24 heavy (non-hydrogen) atoms. The van der Waals surface area contributed by atoms with Crippen molar-refractivity contribution in [1.82, 2.24) is 19.9 Å².